The largest absolute Gasteiger partial charge is 0.468 e. The fraction of sp³-hybridized carbons (Fsp3) is 0.417. The van der Waals surface area contributed by atoms with Crippen molar-refractivity contribution in [2.45, 2.75) is 52.2 Å². The summed E-state index contributed by atoms with van der Waals surface area (Å²) in [6.45, 7) is 7.53. The van der Waals surface area contributed by atoms with E-state index in [2.05, 4.69) is 24.9 Å². The van der Waals surface area contributed by atoms with Gasteiger partial charge in [-0.15, -0.1) is 11.3 Å². The average Bonchev–Trinajstić information content (AvgIpc) is 3.25. The van der Waals surface area contributed by atoms with Gasteiger partial charge in [-0.3, -0.25) is 9.59 Å². The highest BCUT2D eigenvalue weighted by Crippen LogP contribution is 2.36. The molecular weight excluding hydrogens is 525 g/mol. The third-order valence-electron chi connectivity index (χ3n) is 5.96. The zero-order valence-corrected chi connectivity index (χ0v) is 21.6. The molecule has 0 saturated carbocycles. The smallest absolute Gasteiger partial charge is 0.418 e. The van der Waals surface area contributed by atoms with Crippen molar-refractivity contribution in [2.24, 2.45) is 0 Å². The number of amides is 1. The fourth-order valence-corrected chi connectivity index (χ4v) is 5.36. The number of rotatable bonds is 4. The Morgan fingerprint density at radius 3 is 2.58 bits per heavy atom. The van der Waals surface area contributed by atoms with Gasteiger partial charge in [0, 0.05) is 19.2 Å². The number of carbonyl (C=O) groups excluding carboxylic acids is 1. The molecule has 14 heteroatoms. The van der Waals surface area contributed by atoms with Gasteiger partial charge in [0.2, 0.25) is 5.88 Å². The number of nitrogens with zero attached hydrogens (tertiary/aromatic N) is 5. The van der Waals surface area contributed by atoms with E-state index in [9.17, 15) is 22.8 Å². The SMILES string of the molecule is Cc1nc2cc(C(F)(F)F)c(C(C)Oc3cc4sc(C(=O)N5C[C@@H](C)O[C@@H](C)C5)nc4cn3)nc2c(=O)[nH]1. The first-order chi connectivity index (χ1) is 17.9. The molecule has 1 aliphatic heterocycles. The van der Waals surface area contributed by atoms with Gasteiger partial charge in [-0.05, 0) is 33.8 Å². The maximum atomic E-state index is 13.9. The van der Waals surface area contributed by atoms with Crippen molar-refractivity contribution in [3.63, 3.8) is 0 Å². The minimum absolute atomic E-state index is 0.0206. The maximum Gasteiger partial charge on any atom is 0.418 e. The summed E-state index contributed by atoms with van der Waals surface area (Å²) in [5.41, 5.74) is -2.12. The topological polar surface area (TPSA) is 123 Å². The number of H-pyrrole nitrogens is 1. The van der Waals surface area contributed by atoms with Crippen molar-refractivity contribution >= 4 is 38.5 Å². The second kappa shape index (κ2) is 9.58. The standard InChI is InChI=1S/C24H23F3N6O4S/c1-10-8-33(9-11(2)36-10)23(35)22-31-16-7-28-18(6-17(16)38-22)37-12(3)19-14(24(25,26)27)5-15-20(32-19)21(34)30-13(4)29-15/h5-7,10-12H,8-9H2,1-4H3,(H,29,30,34)/t10-,11+,12?. The molecular formula is C24H23F3N6O4S. The van der Waals surface area contributed by atoms with E-state index in [1.807, 2.05) is 13.8 Å². The number of nitrogens with one attached hydrogen (secondary N) is 1. The third kappa shape index (κ3) is 5.05. The van der Waals surface area contributed by atoms with Crippen LogP contribution >= 0.6 is 11.3 Å². The van der Waals surface area contributed by atoms with Crippen LogP contribution in [0, 0.1) is 6.92 Å². The van der Waals surface area contributed by atoms with Crippen molar-refractivity contribution < 1.29 is 27.4 Å². The molecule has 0 spiro atoms. The van der Waals surface area contributed by atoms with Crippen molar-refractivity contribution in [1.82, 2.24) is 29.8 Å². The molecule has 1 unspecified atom stereocenters. The van der Waals surface area contributed by atoms with E-state index in [0.717, 1.165) is 17.4 Å². The van der Waals surface area contributed by atoms with Gasteiger partial charge in [-0.2, -0.15) is 13.2 Å². The quantitative estimate of drug-likeness (QED) is 0.405. The molecule has 1 N–H and O–H groups in total. The summed E-state index contributed by atoms with van der Waals surface area (Å²) in [6.07, 6.45) is -4.77. The number of carbonyl (C=O) groups is 1. The number of hydrogen-bond donors (Lipinski definition) is 1. The summed E-state index contributed by atoms with van der Waals surface area (Å²) in [4.78, 5) is 45.9. The Hall–Kier alpha value is -3.65. The molecule has 4 aromatic heterocycles. The molecule has 0 bridgehead atoms. The van der Waals surface area contributed by atoms with Crippen molar-refractivity contribution in [3.05, 3.63) is 50.8 Å². The molecule has 5 rings (SSSR count). The number of morpholine rings is 1. The number of aromatic nitrogens is 5. The number of aryl methyl sites for hydroxylation is 1. The van der Waals surface area contributed by atoms with Crippen molar-refractivity contribution in [2.75, 3.05) is 13.1 Å². The van der Waals surface area contributed by atoms with Crippen LogP contribution in [-0.4, -0.2) is 61.0 Å². The second-order valence-electron chi connectivity index (χ2n) is 9.17. The summed E-state index contributed by atoms with van der Waals surface area (Å²) in [5.74, 6) is -0.0347. The normalized spacial score (nSPS) is 19.2. The van der Waals surface area contributed by atoms with E-state index in [1.54, 1.807) is 4.90 Å². The lowest BCUT2D eigenvalue weighted by Gasteiger charge is -2.34. The number of alkyl halides is 3. The van der Waals surface area contributed by atoms with Gasteiger partial charge in [-0.1, -0.05) is 0 Å². The summed E-state index contributed by atoms with van der Waals surface area (Å²) >= 11 is 1.14. The zero-order chi connectivity index (χ0) is 27.4. The van der Waals surface area contributed by atoms with Crippen LogP contribution < -0.4 is 10.3 Å². The lowest BCUT2D eigenvalue weighted by Crippen LogP contribution is -2.48. The lowest BCUT2D eigenvalue weighted by atomic mass is 10.1. The van der Waals surface area contributed by atoms with Gasteiger partial charge < -0.3 is 19.4 Å². The summed E-state index contributed by atoms with van der Waals surface area (Å²) in [6, 6.07) is 2.31. The van der Waals surface area contributed by atoms with Gasteiger partial charge in [0.15, 0.2) is 10.5 Å². The van der Waals surface area contributed by atoms with Crippen LogP contribution in [0.3, 0.4) is 0 Å². The summed E-state index contributed by atoms with van der Waals surface area (Å²) < 4.78 is 53.7. The van der Waals surface area contributed by atoms with E-state index in [1.165, 1.54) is 26.1 Å². The Kier molecular flexibility index (Phi) is 6.55. The molecule has 1 aliphatic rings. The van der Waals surface area contributed by atoms with E-state index < -0.39 is 29.1 Å². The van der Waals surface area contributed by atoms with Crippen LogP contribution in [0.5, 0.6) is 5.88 Å². The Morgan fingerprint density at radius 2 is 1.89 bits per heavy atom. The Labute approximate surface area is 217 Å². The van der Waals surface area contributed by atoms with Gasteiger partial charge >= 0.3 is 6.18 Å². The molecule has 1 amide bonds. The number of halogens is 3. The van der Waals surface area contributed by atoms with E-state index in [0.29, 0.717) is 23.3 Å². The van der Waals surface area contributed by atoms with Gasteiger partial charge in [0.1, 0.15) is 17.4 Å². The first-order valence-electron chi connectivity index (χ1n) is 11.8. The number of thiazole rings is 1. The fourth-order valence-electron chi connectivity index (χ4n) is 4.42. The van der Waals surface area contributed by atoms with Crippen LogP contribution in [0.25, 0.3) is 21.3 Å². The number of fused-ring (bicyclic) bond motifs is 2. The highest BCUT2D eigenvalue weighted by Gasteiger charge is 2.37. The van der Waals surface area contributed by atoms with Crippen LogP contribution in [0.15, 0.2) is 23.1 Å². The molecule has 38 heavy (non-hydrogen) atoms. The number of pyridine rings is 2. The molecule has 0 aromatic carbocycles. The number of ether oxygens (including phenoxy) is 2. The molecule has 200 valence electrons. The highest BCUT2D eigenvalue weighted by molar-refractivity contribution is 7.20. The first kappa shape index (κ1) is 26.0. The molecule has 4 aromatic rings. The predicted octanol–water partition coefficient (Wildman–Crippen LogP) is 4.04. The van der Waals surface area contributed by atoms with Crippen LogP contribution in [-0.2, 0) is 10.9 Å². The van der Waals surface area contributed by atoms with Crippen LogP contribution in [0.4, 0.5) is 13.2 Å². The number of aromatic amines is 1. The van der Waals surface area contributed by atoms with Gasteiger partial charge in [-0.25, -0.2) is 19.9 Å². The predicted molar refractivity (Wildman–Crippen MR) is 132 cm³/mol. The summed E-state index contributed by atoms with van der Waals surface area (Å²) in [7, 11) is 0. The molecule has 1 saturated heterocycles. The van der Waals surface area contributed by atoms with Gasteiger partial charge in [0.05, 0.1) is 39.9 Å². The van der Waals surface area contributed by atoms with E-state index in [-0.39, 0.29) is 45.9 Å². The Morgan fingerprint density at radius 1 is 1.18 bits per heavy atom. The summed E-state index contributed by atoms with van der Waals surface area (Å²) in [5, 5.41) is 0.269. The second-order valence-corrected chi connectivity index (χ2v) is 10.2. The molecule has 3 atom stereocenters. The van der Waals surface area contributed by atoms with Crippen LogP contribution in [0.2, 0.25) is 0 Å². The molecule has 0 radical (unpaired) electrons. The monoisotopic (exact) mass is 548 g/mol. The highest BCUT2D eigenvalue weighted by atomic mass is 32.1. The van der Waals surface area contributed by atoms with Gasteiger partial charge in [0.25, 0.3) is 11.5 Å². The molecule has 1 fully saturated rings. The lowest BCUT2D eigenvalue weighted by molar-refractivity contribution is -0.139. The van der Waals surface area contributed by atoms with Crippen molar-refractivity contribution in [3.8, 4) is 5.88 Å². The molecule has 10 nitrogen and oxygen atoms in total. The minimum atomic E-state index is -4.76. The van der Waals surface area contributed by atoms with Crippen molar-refractivity contribution in [1.29, 1.82) is 0 Å². The molecule has 5 heterocycles. The zero-order valence-electron chi connectivity index (χ0n) is 20.8. The Bertz CT molecular complexity index is 1590. The molecule has 0 aliphatic carbocycles. The first-order valence-corrected chi connectivity index (χ1v) is 12.6. The number of hydrogen-bond acceptors (Lipinski definition) is 9. The minimum Gasteiger partial charge on any atom is -0.468 e. The van der Waals surface area contributed by atoms with E-state index >= 15 is 0 Å². The maximum absolute atomic E-state index is 13.9. The average molecular weight is 549 g/mol. The van der Waals surface area contributed by atoms with E-state index in [4.69, 9.17) is 9.47 Å². The van der Waals surface area contributed by atoms with Crippen LogP contribution in [0.1, 0.15) is 53.8 Å². The Balaban J connectivity index is 1.44. The third-order valence-corrected chi connectivity index (χ3v) is 6.96.